The van der Waals surface area contributed by atoms with Crippen molar-refractivity contribution in [3.8, 4) is 0 Å². The first-order chi connectivity index (χ1) is 53.2. The lowest BCUT2D eigenvalue weighted by molar-refractivity contribution is -0.161. The van der Waals surface area contributed by atoms with E-state index < -0.39 is 91.5 Å². The minimum Gasteiger partial charge on any atom is -0.463 e. The monoisotopic (exact) mass is 1560 g/mol. The number of esters is 3. The first-order valence-electron chi connectivity index (χ1n) is 42.1. The van der Waals surface area contributed by atoms with Crippen LogP contribution in [0.4, 0.5) is 0 Å². The number of carbonyl (C=O) groups is 3. The number of ether oxygens (including phenoxy) is 3. The van der Waals surface area contributed by atoms with Gasteiger partial charge in [0.25, 0.3) is 0 Å². The van der Waals surface area contributed by atoms with Crippen LogP contribution in [0.15, 0.2) is 182 Å². The molecule has 18 heteroatoms. The summed E-state index contributed by atoms with van der Waals surface area (Å²) < 4.78 is 61.3. The summed E-state index contributed by atoms with van der Waals surface area (Å²) in [5, 5.41) is 20.7. The lowest BCUT2D eigenvalue weighted by atomic mass is 10.0. The quantitative estimate of drug-likeness (QED) is 0.0146. The molecule has 0 aromatic heterocycles. The Balaban J connectivity index is 4.71. The molecule has 0 spiro atoms. The zero-order valence-corrected chi connectivity index (χ0v) is 69.7. The van der Waals surface area contributed by atoms with E-state index in [4.69, 9.17) is 32.3 Å². The van der Waals surface area contributed by atoms with Gasteiger partial charge in [-0.3, -0.25) is 32.5 Å². The van der Waals surface area contributed by atoms with Crippen molar-refractivity contribution >= 4 is 33.6 Å². The minimum atomic E-state index is -4.96. The SMILES string of the molecule is CC/C=C\C/C=C\C/C=C\C/C=C\C/C=C\C/C=C\CCCCC(=O)OC(COC(=O)CCCCCCCCCCC/C=C\C/C=C\C/C=C\C/C=C\CCCCC)COP(=O)(O)OCC(O)COP(=O)(O)OCC(O)COC(=O)CCCCCCCCCCCCC/C=C\C/C=C\C/C=C\C/C=C\C/C=C\CC. The second-order valence-corrected chi connectivity index (χ2v) is 30.4. The molecule has 0 aliphatic rings. The van der Waals surface area contributed by atoms with E-state index in [1.54, 1.807) is 0 Å². The summed E-state index contributed by atoms with van der Waals surface area (Å²) in [5.74, 6) is -1.64. The fraction of sp³-hybridized carbons (Fsp3) is 0.637. The van der Waals surface area contributed by atoms with Gasteiger partial charge in [0.2, 0.25) is 0 Å². The Labute approximate surface area is 662 Å². The van der Waals surface area contributed by atoms with Crippen LogP contribution >= 0.6 is 15.6 Å². The van der Waals surface area contributed by atoms with Gasteiger partial charge in [-0.15, -0.1) is 0 Å². The van der Waals surface area contributed by atoms with Gasteiger partial charge in [0, 0.05) is 19.3 Å². The maximum Gasteiger partial charge on any atom is 0.472 e. The van der Waals surface area contributed by atoms with Crippen molar-refractivity contribution in [2.75, 3.05) is 39.6 Å². The molecule has 0 fully saturated rings. The molecule has 0 saturated carbocycles. The first-order valence-corrected chi connectivity index (χ1v) is 45.1. The molecule has 0 heterocycles. The Bertz CT molecular complexity index is 2710. The summed E-state index contributed by atoms with van der Waals surface area (Å²) in [4.78, 5) is 58.8. The topological polar surface area (TPSA) is 231 Å². The fourth-order valence-corrected chi connectivity index (χ4v) is 12.3. The van der Waals surface area contributed by atoms with Gasteiger partial charge in [0.1, 0.15) is 25.4 Å². The average Bonchev–Trinajstić information content (AvgIpc) is 0.903. The number of aliphatic hydroxyl groups excluding tert-OH is 2. The van der Waals surface area contributed by atoms with Crippen molar-refractivity contribution in [2.24, 2.45) is 0 Å². The predicted molar refractivity (Wildman–Crippen MR) is 454 cm³/mol. The molecule has 0 aromatic rings. The number of unbranched alkanes of at least 4 members (excludes halogenated alkanes) is 25. The molecule has 0 saturated heterocycles. The van der Waals surface area contributed by atoms with Gasteiger partial charge >= 0.3 is 33.6 Å². The van der Waals surface area contributed by atoms with Crippen molar-refractivity contribution in [3.63, 3.8) is 0 Å². The molecule has 4 N–H and O–H groups in total. The molecule has 0 aliphatic carbocycles. The van der Waals surface area contributed by atoms with Crippen LogP contribution < -0.4 is 0 Å². The summed E-state index contributed by atoms with van der Waals surface area (Å²) in [6.45, 7) is 2.37. The molecule has 16 nitrogen and oxygen atoms in total. The van der Waals surface area contributed by atoms with Crippen molar-refractivity contribution in [2.45, 2.75) is 334 Å². The van der Waals surface area contributed by atoms with Gasteiger partial charge in [0.15, 0.2) is 6.10 Å². The predicted octanol–water partition coefficient (Wildman–Crippen LogP) is 25.3. The molecule has 5 atom stereocenters. The molecule has 0 aromatic carbocycles. The number of carbonyl (C=O) groups excluding carboxylic acids is 3. The van der Waals surface area contributed by atoms with E-state index in [9.17, 15) is 43.5 Å². The van der Waals surface area contributed by atoms with Gasteiger partial charge in [-0.25, -0.2) is 9.13 Å². The summed E-state index contributed by atoms with van der Waals surface area (Å²) in [6, 6.07) is 0. The van der Waals surface area contributed by atoms with Crippen LogP contribution in [0, 0.1) is 0 Å². The number of aliphatic hydroxyl groups is 2. The number of hydrogen-bond acceptors (Lipinski definition) is 14. The summed E-state index contributed by atoms with van der Waals surface area (Å²) in [5.41, 5.74) is 0. The highest BCUT2D eigenvalue weighted by atomic mass is 31.2. The Morgan fingerprint density at radius 2 is 0.486 bits per heavy atom. The molecular weight excluding hydrogens is 1410 g/mol. The molecule has 0 radical (unpaired) electrons. The highest BCUT2D eigenvalue weighted by Gasteiger charge is 2.29. The van der Waals surface area contributed by atoms with Crippen LogP contribution in [0.1, 0.15) is 316 Å². The van der Waals surface area contributed by atoms with Crippen LogP contribution in [0.3, 0.4) is 0 Å². The summed E-state index contributed by atoms with van der Waals surface area (Å²) in [7, 11) is -9.83. The number of phosphoric acid groups is 2. The number of phosphoric ester groups is 2. The third-order valence-electron chi connectivity index (χ3n) is 17.1. The summed E-state index contributed by atoms with van der Waals surface area (Å²) >= 11 is 0. The van der Waals surface area contributed by atoms with E-state index in [1.165, 1.54) is 89.9 Å². The zero-order chi connectivity index (χ0) is 79.4. The molecule has 0 bridgehead atoms. The molecular formula is C91H150O16P2. The van der Waals surface area contributed by atoms with Crippen molar-refractivity contribution in [3.05, 3.63) is 182 Å². The number of allylic oxidation sites excluding steroid dienone is 30. The van der Waals surface area contributed by atoms with Gasteiger partial charge in [-0.2, -0.15) is 0 Å². The van der Waals surface area contributed by atoms with E-state index in [-0.39, 0.29) is 19.3 Å². The van der Waals surface area contributed by atoms with E-state index >= 15 is 0 Å². The Hall–Kier alpha value is -5.35. The van der Waals surface area contributed by atoms with Crippen molar-refractivity contribution in [1.82, 2.24) is 0 Å². The van der Waals surface area contributed by atoms with Crippen molar-refractivity contribution < 1.29 is 75.8 Å². The van der Waals surface area contributed by atoms with E-state index in [0.29, 0.717) is 25.7 Å². The van der Waals surface area contributed by atoms with Crippen LogP contribution in [0.2, 0.25) is 0 Å². The van der Waals surface area contributed by atoms with Crippen LogP contribution in [-0.2, 0) is 55.8 Å². The molecule has 0 rings (SSSR count). The van der Waals surface area contributed by atoms with E-state index in [0.717, 1.165) is 161 Å². The first kappa shape index (κ1) is 104. The van der Waals surface area contributed by atoms with Crippen LogP contribution in [0.5, 0.6) is 0 Å². The minimum absolute atomic E-state index is 0.0416. The molecule has 0 aliphatic heterocycles. The van der Waals surface area contributed by atoms with E-state index in [2.05, 4.69) is 203 Å². The number of hydrogen-bond donors (Lipinski definition) is 4. The smallest absolute Gasteiger partial charge is 0.463 e. The highest BCUT2D eigenvalue weighted by molar-refractivity contribution is 7.47. The Morgan fingerprint density at radius 3 is 0.789 bits per heavy atom. The van der Waals surface area contributed by atoms with Crippen molar-refractivity contribution in [1.29, 1.82) is 0 Å². The van der Waals surface area contributed by atoms with Gasteiger partial charge in [-0.05, 0) is 161 Å². The lowest BCUT2D eigenvalue weighted by Gasteiger charge is -2.21. The normalized spacial score (nSPS) is 14.8. The second kappa shape index (κ2) is 82.1. The molecule has 620 valence electrons. The van der Waals surface area contributed by atoms with E-state index in [1.807, 2.05) is 0 Å². The average molecular weight is 1560 g/mol. The third-order valence-corrected chi connectivity index (χ3v) is 19.0. The highest BCUT2D eigenvalue weighted by Crippen LogP contribution is 2.45. The summed E-state index contributed by atoms with van der Waals surface area (Å²) in [6.07, 6.45) is 106. The van der Waals surface area contributed by atoms with Gasteiger partial charge in [-0.1, -0.05) is 319 Å². The maximum absolute atomic E-state index is 13.0. The molecule has 109 heavy (non-hydrogen) atoms. The zero-order valence-electron chi connectivity index (χ0n) is 67.9. The van der Waals surface area contributed by atoms with Gasteiger partial charge < -0.3 is 34.2 Å². The van der Waals surface area contributed by atoms with Gasteiger partial charge in [0.05, 0.1) is 26.4 Å². The fourth-order valence-electron chi connectivity index (χ4n) is 10.8. The standard InChI is InChI=1S/C91H150O16P2/c1-4-7-10-13-16-19-22-25-28-31-34-37-39-41-42-44-46-48-50-53-56-59-62-65-68-71-74-77-89(94)101-80-86(92)81-103-108(97,98)104-82-87(93)83-105-109(99,100)106-85-88(107-91(96)79-76-73-70-67-64-61-58-55-52-47-36-33-30-27-24-21-18-15-12-9-6-3)84-102-90(95)78-75-72-69-66-63-60-57-54-51-49-45-43-40-38-35-32-29-26-23-20-17-14-11-8-5-2/h7,9-10,12,16-21,25-30,34-38,41-43,45,47,55,58,64,67,86-88,92-93H,4-6,8,11,13-15,22-24,31-33,39-40,44,46,48-54,56-57,59-63,65-66,68-85H2,1-3H3,(H,97,98)(H,99,100)/b10-7-,12-9-,19-16-,20-17-,21-18-,28-25-,29-26-,30-27-,37-34-,38-35-,42-41-,45-43-,47-36-,58-55-,67-64-. The Morgan fingerprint density at radius 1 is 0.266 bits per heavy atom. The maximum atomic E-state index is 13.0. The largest absolute Gasteiger partial charge is 0.472 e. The second-order valence-electron chi connectivity index (χ2n) is 27.5. The molecule has 5 unspecified atom stereocenters. The van der Waals surface area contributed by atoms with Crippen LogP contribution in [-0.4, -0.2) is 95.9 Å². The van der Waals surface area contributed by atoms with Crippen LogP contribution in [0.25, 0.3) is 0 Å². The Kier molecular flexibility index (Phi) is 78.1. The number of rotatable bonds is 78. The molecule has 0 amide bonds. The third kappa shape index (κ3) is 83.4. The lowest BCUT2D eigenvalue weighted by Crippen LogP contribution is -2.30.